The lowest BCUT2D eigenvalue weighted by atomic mass is 10.1. The Balaban J connectivity index is 2.16. The largest absolute Gasteiger partial charge is 0.456 e. The highest BCUT2D eigenvalue weighted by atomic mass is 16.3. The number of para-hydroxylation sites is 1. The number of hydrogen-bond donors (Lipinski definition) is 0. The SMILES string of the molecule is CCc1ccc(-c2cc(=O)c3ccccc3o2)cc1. The van der Waals surface area contributed by atoms with Gasteiger partial charge in [-0.05, 0) is 24.1 Å². The molecule has 19 heavy (non-hydrogen) atoms. The van der Waals surface area contributed by atoms with Crippen molar-refractivity contribution < 1.29 is 4.42 Å². The van der Waals surface area contributed by atoms with E-state index in [2.05, 4.69) is 19.1 Å². The minimum absolute atomic E-state index is 0.00332. The van der Waals surface area contributed by atoms with Crippen LogP contribution in [0.4, 0.5) is 0 Å². The first-order valence-electron chi connectivity index (χ1n) is 6.40. The van der Waals surface area contributed by atoms with Crippen molar-refractivity contribution in [1.29, 1.82) is 0 Å². The molecular weight excluding hydrogens is 236 g/mol. The summed E-state index contributed by atoms with van der Waals surface area (Å²) in [6, 6.07) is 17.0. The van der Waals surface area contributed by atoms with Crippen molar-refractivity contribution >= 4 is 11.0 Å². The van der Waals surface area contributed by atoms with E-state index >= 15 is 0 Å². The lowest BCUT2D eigenvalue weighted by molar-refractivity contribution is 0.619. The predicted octanol–water partition coefficient (Wildman–Crippen LogP) is 4.02. The van der Waals surface area contributed by atoms with Gasteiger partial charge in [-0.1, -0.05) is 43.3 Å². The Morgan fingerprint density at radius 1 is 1.00 bits per heavy atom. The van der Waals surface area contributed by atoms with Gasteiger partial charge in [0.05, 0.1) is 5.39 Å². The Kier molecular flexibility index (Phi) is 2.92. The average molecular weight is 250 g/mol. The molecule has 0 atom stereocenters. The fourth-order valence-electron chi connectivity index (χ4n) is 2.15. The summed E-state index contributed by atoms with van der Waals surface area (Å²) >= 11 is 0. The van der Waals surface area contributed by atoms with Gasteiger partial charge < -0.3 is 4.42 Å². The zero-order valence-electron chi connectivity index (χ0n) is 10.7. The van der Waals surface area contributed by atoms with Crippen molar-refractivity contribution in [1.82, 2.24) is 0 Å². The van der Waals surface area contributed by atoms with E-state index in [9.17, 15) is 4.79 Å². The molecule has 2 aromatic carbocycles. The number of fused-ring (bicyclic) bond motifs is 1. The quantitative estimate of drug-likeness (QED) is 0.687. The maximum absolute atomic E-state index is 12.0. The number of benzene rings is 2. The van der Waals surface area contributed by atoms with Crippen LogP contribution in [0.3, 0.4) is 0 Å². The van der Waals surface area contributed by atoms with E-state index in [1.165, 1.54) is 5.56 Å². The summed E-state index contributed by atoms with van der Waals surface area (Å²) in [6.45, 7) is 2.12. The van der Waals surface area contributed by atoms with Gasteiger partial charge in [0, 0.05) is 11.6 Å². The summed E-state index contributed by atoms with van der Waals surface area (Å²) in [6.07, 6.45) is 1.00. The number of rotatable bonds is 2. The van der Waals surface area contributed by atoms with Crippen LogP contribution in [0, 0.1) is 0 Å². The highest BCUT2D eigenvalue weighted by molar-refractivity contribution is 5.78. The van der Waals surface area contributed by atoms with Crippen LogP contribution in [0.5, 0.6) is 0 Å². The van der Waals surface area contributed by atoms with Crippen molar-refractivity contribution in [3.05, 3.63) is 70.4 Å². The maximum Gasteiger partial charge on any atom is 0.193 e. The lowest BCUT2D eigenvalue weighted by Crippen LogP contribution is -1.99. The molecule has 2 nitrogen and oxygen atoms in total. The summed E-state index contributed by atoms with van der Waals surface area (Å²) in [5.41, 5.74) is 2.83. The van der Waals surface area contributed by atoms with Crippen LogP contribution in [0.15, 0.2) is 63.8 Å². The van der Waals surface area contributed by atoms with E-state index in [0.717, 1.165) is 12.0 Å². The van der Waals surface area contributed by atoms with E-state index < -0.39 is 0 Å². The second-order valence-corrected chi connectivity index (χ2v) is 4.52. The van der Waals surface area contributed by atoms with Gasteiger partial charge in [0.1, 0.15) is 11.3 Å². The molecule has 0 aliphatic rings. The van der Waals surface area contributed by atoms with E-state index in [1.807, 2.05) is 30.3 Å². The molecule has 0 saturated carbocycles. The molecule has 0 unspecified atom stereocenters. The highest BCUT2D eigenvalue weighted by Gasteiger charge is 2.06. The molecule has 0 saturated heterocycles. The van der Waals surface area contributed by atoms with Gasteiger partial charge in [-0.3, -0.25) is 4.79 Å². The van der Waals surface area contributed by atoms with Crippen LogP contribution >= 0.6 is 0 Å². The van der Waals surface area contributed by atoms with E-state index in [1.54, 1.807) is 12.1 Å². The zero-order valence-corrected chi connectivity index (χ0v) is 10.7. The molecule has 0 radical (unpaired) electrons. The van der Waals surface area contributed by atoms with Crippen molar-refractivity contribution in [3.8, 4) is 11.3 Å². The second-order valence-electron chi connectivity index (χ2n) is 4.52. The normalized spacial score (nSPS) is 10.8. The van der Waals surface area contributed by atoms with Gasteiger partial charge in [0.2, 0.25) is 0 Å². The molecule has 0 aliphatic carbocycles. The molecule has 1 heterocycles. The van der Waals surface area contributed by atoms with E-state index in [-0.39, 0.29) is 5.43 Å². The molecule has 0 bridgehead atoms. The third-order valence-corrected chi connectivity index (χ3v) is 3.28. The van der Waals surface area contributed by atoms with Crippen molar-refractivity contribution in [2.24, 2.45) is 0 Å². The van der Waals surface area contributed by atoms with Crippen LogP contribution in [0.2, 0.25) is 0 Å². The van der Waals surface area contributed by atoms with Gasteiger partial charge >= 0.3 is 0 Å². The first-order chi connectivity index (χ1) is 9.28. The van der Waals surface area contributed by atoms with Crippen molar-refractivity contribution in [3.63, 3.8) is 0 Å². The predicted molar refractivity (Wildman–Crippen MR) is 77.3 cm³/mol. The molecule has 0 spiro atoms. The fraction of sp³-hybridized carbons (Fsp3) is 0.118. The molecule has 0 fully saturated rings. The molecule has 3 aromatic rings. The minimum atomic E-state index is -0.00332. The summed E-state index contributed by atoms with van der Waals surface area (Å²) in [5.74, 6) is 0.617. The summed E-state index contributed by atoms with van der Waals surface area (Å²) < 4.78 is 5.80. The maximum atomic E-state index is 12.0. The third kappa shape index (κ3) is 2.17. The van der Waals surface area contributed by atoms with Gasteiger partial charge in [0.25, 0.3) is 0 Å². The minimum Gasteiger partial charge on any atom is -0.456 e. The van der Waals surface area contributed by atoms with Gasteiger partial charge in [-0.25, -0.2) is 0 Å². The molecule has 0 amide bonds. The Morgan fingerprint density at radius 2 is 1.74 bits per heavy atom. The third-order valence-electron chi connectivity index (χ3n) is 3.28. The van der Waals surface area contributed by atoms with E-state index in [0.29, 0.717) is 16.7 Å². The van der Waals surface area contributed by atoms with Crippen LogP contribution in [-0.2, 0) is 6.42 Å². The van der Waals surface area contributed by atoms with Crippen molar-refractivity contribution in [2.45, 2.75) is 13.3 Å². The van der Waals surface area contributed by atoms with Crippen LogP contribution < -0.4 is 5.43 Å². The zero-order chi connectivity index (χ0) is 13.2. The first kappa shape index (κ1) is 11.7. The molecule has 94 valence electrons. The van der Waals surface area contributed by atoms with Crippen LogP contribution in [0.1, 0.15) is 12.5 Å². The second kappa shape index (κ2) is 4.73. The van der Waals surface area contributed by atoms with Crippen LogP contribution in [-0.4, -0.2) is 0 Å². The molecular formula is C17H14O2. The first-order valence-corrected chi connectivity index (χ1v) is 6.40. The van der Waals surface area contributed by atoms with Gasteiger partial charge in [-0.2, -0.15) is 0 Å². The van der Waals surface area contributed by atoms with Gasteiger partial charge in [0.15, 0.2) is 5.43 Å². The average Bonchev–Trinajstić information content (AvgIpc) is 2.47. The summed E-state index contributed by atoms with van der Waals surface area (Å²) in [5, 5.41) is 0.622. The smallest absolute Gasteiger partial charge is 0.193 e. The van der Waals surface area contributed by atoms with Gasteiger partial charge in [-0.15, -0.1) is 0 Å². The van der Waals surface area contributed by atoms with Crippen molar-refractivity contribution in [2.75, 3.05) is 0 Å². The molecule has 0 N–H and O–H groups in total. The topological polar surface area (TPSA) is 30.2 Å². The molecule has 0 aliphatic heterocycles. The monoisotopic (exact) mass is 250 g/mol. The Labute approximate surface area is 111 Å². The Bertz CT molecular complexity index is 767. The number of aryl methyl sites for hydroxylation is 1. The summed E-state index contributed by atoms with van der Waals surface area (Å²) in [4.78, 5) is 12.0. The Morgan fingerprint density at radius 3 is 2.47 bits per heavy atom. The van der Waals surface area contributed by atoms with Crippen LogP contribution in [0.25, 0.3) is 22.3 Å². The molecule has 2 heteroatoms. The summed E-state index contributed by atoms with van der Waals surface area (Å²) in [7, 11) is 0. The molecule has 1 aromatic heterocycles. The standard InChI is InChI=1S/C17H14O2/c1-2-12-7-9-13(10-8-12)17-11-15(18)14-5-3-4-6-16(14)19-17/h3-11H,2H2,1H3. The number of hydrogen-bond acceptors (Lipinski definition) is 2. The molecule has 3 rings (SSSR count). The lowest BCUT2D eigenvalue weighted by Gasteiger charge is -2.04. The Hall–Kier alpha value is -2.35. The fourth-order valence-corrected chi connectivity index (χ4v) is 2.15. The highest BCUT2D eigenvalue weighted by Crippen LogP contribution is 2.22. The van der Waals surface area contributed by atoms with E-state index in [4.69, 9.17) is 4.42 Å².